The van der Waals surface area contributed by atoms with Crippen molar-refractivity contribution in [2.45, 2.75) is 57.5 Å². The van der Waals surface area contributed by atoms with Gasteiger partial charge < -0.3 is 10.1 Å². The molecule has 2 saturated carbocycles. The molecule has 3 atom stereocenters. The van der Waals surface area contributed by atoms with E-state index in [2.05, 4.69) is 37.4 Å². The van der Waals surface area contributed by atoms with Gasteiger partial charge in [0.25, 0.3) is 0 Å². The molecule has 1 aromatic rings. The van der Waals surface area contributed by atoms with Crippen LogP contribution in [0.25, 0.3) is 0 Å². The van der Waals surface area contributed by atoms with Gasteiger partial charge in [0.05, 0.1) is 7.11 Å². The smallest absolute Gasteiger partial charge is 0.119 e. The highest BCUT2D eigenvalue weighted by molar-refractivity contribution is 5.32. The SMILES string of the molecule is COc1cccc(C2CC(NC3CCC(C)C3C)C2)c1. The van der Waals surface area contributed by atoms with Gasteiger partial charge in [-0.1, -0.05) is 26.0 Å². The molecule has 0 aromatic heterocycles. The van der Waals surface area contributed by atoms with Crippen molar-refractivity contribution in [3.63, 3.8) is 0 Å². The Kier molecular flexibility index (Phi) is 4.02. The van der Waals surface area contributed by atoms with E-state index in [9.17, 15) is 0 Å². The fraction of sp³-hybridized carbons (Fsp3) is 0.667. The number of ether oxygens (including phenoxy) is 1. The maximum Gasteiger partial charge on any atom is 0.119 e. The second kappa shape index (κ2) is 5.77. The monoisotopic (exact) mass is 273 g/mol. The number of hydrogen-bond acceptors (Lipinski definition) is 2. The fourth-order valence-corrected chi connectivity index (χ4v) is 3.82. The molecule has 2 nitrogen and oxygen atoms in total. The summed E-state index contributed by atoms with van der Waals surface area (Å²) in [4.78, 5) is 0. The van der Waals surface area contributed by atoms with Crippen molar-refractivity contribution in [2.75, 3.05) is 7.11 Å². The number of methoxy groups -OCH3 is 1. The van der Waals surface area contributed by atoms with Crippen LogP contribution >= 0.6 is 0 Å². The van der Waals surface area contributed by atoms with E-state index in [4.69, 9.17) is 4.74 Å². The zero-order valence-corrected chi connectivity index (χ0v) is 12.9. The van der Waals surface area contributed by atoms with E-state index in [1.54, 1.807) is 7.11 Å². The molecule has 0 saturated heterocycles. The van der Waals surface area contributed by atoms with Crippen molar-refractivity contribution in [2.24, 2.45) is 11.8 Å². The predicted octanol–water partition coefficient (Wildman–Crippen LogP) is 3.97. The third kappa shape index (κ3) is 2.71. The van der Waals surface area contributed by atoms with Gasteiger partial charge in [0.1, 0.15) is 5.75 Å². The van der Waals surface area contributed by atoms with Crippen molar-refractivity contribution in [3.8, 4) is 5.75 Å². The Balaban J connectivity index is 1.51. The van der Waals surface area contributed by atoms with Crippen LogP contribution in [0.3, 0.4) is 0 Å². The minimum atomic E-state index is 0.719. The Hall–Kier alpha value is -1.02. The summed E-state index contributed by atoms with van der Waals surface area (Å²) in [6.07, 6.45) is 5.32. The van der Waals surface area contributed by atoms with Gasteiger partial charge in [-0.2, -0.15) is 0 Å². The lowest BCUT2D eigenvalue weighted by Gasteiger charge is -2.39. The topological polar surface area (TPSA) is 21.3 Å². The molecule has 0 aliphatic heterocycles. The average Bonchev–Trinajstić information content (AvgIpc) is 2.74. The molecule has 2 fully saturated rings. The molecule has 0 heterocycles. The van der Waals surface area contributed by atoms with Gasteiger partial charge in [0.2, 0.25) is 0 Å². The quantitative estimate of drug-likeness (QED) is 0.896. The molecule has 1 aromatic carbocycles. The summed E-state index contributed by atoms with van der Waals surface area (Å²) in [6, 6.07) is 10.0. The van der Waals surface area contributed by atoms with E-state index in [0.717, 1.165) is 35.6 Å². The first-order valence-corrected chi connectivity index (χ1v) is 8.07. The van der Waals surface area contributed by atoms with E-state index in [1.165, 1.54) is 31.2 Å². The van der Waals surface area contributed by atoms with E-state index in [1.807, 2.05) is 6.07 Å². The summed E-state index contributed by atoms with van der Waals surface area (Å²) in [7, 11) is 1.74. The molecule has 2 aliphatic carbocycles. The van der Waals surface area contributed by atoms with Crippen LogP contribution in [0.5, 0.6) is 5.75 Å². The van der Waals surface area contributed by atoms with Crippen molar-refractivity contribution in [1.82, 2.24) is 5.32 Å². The lowest BCUT2D eigenvalue weighted by atomic mass is 9.75. The second-order valence-electron chi connectivity index (χ2n) is 6.83. The number of nitrogens with one attached hydrogen (secondary N) is 1. The highest BCUT2D eigenvalue weighted by Crippen LogP contribution is 2.40. The Morgan fingerprint density at radius 3 is 2.60 bits per heavy atom. The van der Waals surface area contributed by atoms with Crippen LogP contribution in [0.4, 0.5) is 0 Å². The van der Waals surface area contributed by atoms with E-state index in [0.29, 0.717) is 0 Å². The van der Waals surface area contributed by atoms with Crippen molar-refractivity contribution in [3.05, 3.63) is 29.8 Å². The van der Waals surface area contributed by atoms with Gasteiger partial charge in [-0.15, -0.1) is 0 Å². The Morgan fingerprint density at radius 2 is 1.95 bits per heavy atom. The number of hydrogen-bond donors (Lipinski definition) is 1. The van der Waals surface area contributed by atoms with Gasteiger partial charge in [-0.05, 0) is 61.1 Å². The maximum atomic E-state index is 5.32. The third-order valence-corrected chi connectivity index (χ3v) is 5.62. The summed E-state index contributed by atoms with van der Waals surface area (Å²) >= 11 is 0. The molecule has 0 radical (unpaired) electrons. The standard InChI is InChI=1S/C18H27NO/c1-12-7-8-18(13(12)2)19-16-9-15(10-16)14-5-4-6-17(11-14)20-3/h4-6,11-13,15-16,18-19H,7-10H2,1-3H3. The summed E-state index contributed by atoms with van der Waals surface area (Å²) in [5.74, 6) is 3.43. The summed E-state index contributed by atoms with van der Waals surface area (Å²) in [5.41, 5.74) is 1.44. The highest BCUT2D eigenvalue weighted by Gasteiger charge is 2.36. The molecule has 20 heavy (non-hydrogen) atoms. The van der Waals surface area contributed by atoms with E-state index < -0.39 is 0 Å². The van der Waals surface area contributed by atoms with Gasteiger partial charge in [-0.25, -0.2) is 0 Å². The molecule has 0 spiro atoms. The average molecular weight is 273 g/mol. The molecule has 110 valence electrons. The number of benzene rings is 1. The summed E-state index contributed by atoms with van der Waals surface area (Å²) in [6.45, 7) is 4.81. The van der Waals surface area contributed by atoms with Crippen LogP contribution in [0.2, 0.25) is 0 Å². The van der Waals surface area contributed by atoms with Crippen molar-refractivity contribution >= 4 is 0 Å². The van der Waals surface area contributed by atoms with Crippen molar-refractivity contribution < 1.29 is 4.74 Å². The third-order valence-electron chi connectivity index (χ3n) is 5.62. The predicted molar refractivity (Wildman–Crippen MR) is 83.2 cm³/mol. The summed E-state index contributed by atoms with van der Waals surface area (Å²) < 4.78 is 5.32. The molecule has 2 heteroatoms. The van der Waals surface area contributed by atoms with Crippen LogP contribution in [0, 0.1) is 11.8 Å². The minimum absolute atomic E-state index is 0.719. The first-order valence-electron chi connectivity index (χ1n) is 8.07. The van der Waals surface area contributed by atoms with Gasteiger partial charge in [0.15, 0.2) is 0 Å². The van der Waals surface area contributed by atoms with Crippen LogP contribution in [-0.4, -0.2) is 19.2 Å². The van der Waals surface area contributed by atoms with Gasteiger partial charge in [0, 0.05) is 12.1 Å². The molecule has 1 N–H and O–H groups in total. The van der Waals surface area contributed by atoms with E-state index >= 15 is 0 Å². The zero-order chi connectivity index (χ0) is 14.1. The maximum absolute atomic E-state index is 5.32. The molecule has 3 unspecified atom stereocenters. The van der Waals surface area contributed by atoms with Crippen LogP contribution < -0.4 is 10.1 Å². The molecule has 3 rings (SSSR count). The Bertz CT molecular complexity index is 452. The zero-order valence-electron chi connectivity index (χ0n) is 12.9. The van der Waals surface area contributed by atoms with Crippen LogP contribution in [-0.2, 0) is 0 Å². The summed E-state index contributed by atoms with van der Waals surface area (Å²) in [5, 5.41) is 3.89. The van der Waals surface area contributed by atoms with Crippen LogP contribution in [0.15, 0.2) is 24.3 Å². The Labute approximate surface area is 122 Å². The number of rotatable bonds is 4. The first-order chi connectivity index (χ1) is 9.67. The normalized spacial score (nSPS) is 36.6. The lowest BCUT2D eigenvalue weighted by molar-refractivity contribution is 0.239. The minimum Gasteiger partial charge on any atom is -0.497 e. The highest BCUT2D eigenvalue weighted by atomic mass is 16.5. The molecule has 2 aliphatic rings. The fourth-order valence-electron chi connectivity index (χ4n) is 3.82. The molecular weight excluding hydrogens is 246 g/mol. The van der Waals surface area contributed by atoms with E-state index in [-0.39, 0.29) is 0 Å². The molecule has 0 amide bonds. The Morgan fingerprint density at radius 1 is 1.15 bits per heavy atom. The van der Waals surface area contributed by atoms with Gasteiger partial charge >= 0.3 is 0 Å². The lowest BCUT2D eigenvalue weighted by Crippen LogP contribution is -2.46. The largest absolute Gasteiger partial charge is 0.497 e. The molecule has 0 bridgehead atoms. The first kappa shape index (κ1) is 13.9. The van der Waals surface area contributed by atoms with Crippen LogP contribution in [0.1, 0.15) is 51.0 Å². The molecular formula is C18H27NO. The van der Waals surface area contributed by atoms with Gasteiger partial charge in [-0.3, -0.25) is 0 Å². The second-order valence-corrected chi connectivity index (χ2v) is 6.83. The van der Waals surface area contributed by atoms with Crippen molar-refractivity contribution in [1.29, 1.82) is 0 Å².